The van der Waals surface area contributed by atoms with E-state index in [2.05, 4.69) is 5.32 Å². The van der Waals surface area contributed by atoms with Crippen molar-refractivity contribution in [3.63, 3.8) is 0 Å². The zero-order valence-electron chi connectivity index (χ0n) is 10.3. The molecule has 1 aromatic carbocycles. The zero-order valence-corrected chi connectivity index (χ0v) is 10.3. The van der Waals surface area contributed by atoms with E-state index < -0.39 is 23.7 Å². The summed E-state index contributed by atoms with van der Waals surface area (Å²) in [6, 6.07) is 3.56. The Morgan fingerprint density at radius 2 is 2.16 bits per heavy atom. The SMILES string of the molecule is COCCC(N)C(=O)Nc1cccc(C(F)(F)F)c1. The lowest BCUT2D eigenvalue weighted by Gasteiger charge is -2.13. The predicted octanol–water partition coefficient (Wildman–Crippen LogP) is 2.01. The van der Waals surface area contributed by atoms with Gasteiger partial charge in [-0.05, 0) is 24.6 Å². The van der Waals surface area contributed by atoms with Gasteiger partial charge in [-0.1, -0.05) is 6.07 Å². The van der Waals surface area contributed by atoms with E-state index in [1.807, 2.05) is 0 Å². The number of carbonyl (C=O) groups is 1. The number of nitrogens with one attached hydrogen (secondary N) is 1. The summed E-state index contributed by atoms with van der Waals surface area (Å²) in [7, 11) is 1.47. The van der Waals surface area contributed by atoms with Crippen molar-refractivity contribution in [3.05, 3.63) is 29.8 Å². The Morgan fingerprint density at radius 1 is 1.47 bits per heavy atom. The number of alkyl halides is 3. The first-order valence-electron chi connectivity index (χ1n) is 5.57. The Balaban J connectivity index is 2.69. The minimum Gasteiger partial charge on any atom is -0.385 e. The smallest absolute Gasteiger partial charge is 0.385 e. The van der Waals surface area contributed by atoms with E-state index in [1.165, 1.54) is 19.2 Å². The lowest BCUT2D eigenvalue weighted by Crippen LogP contribution is -2.36. The van der Waals surface area contributed by atoms with E-state index in [4.69, 9.17) is 10.5 Å². The number of amides is 1. The molecule has 106 valence electrons. The van der Waals surface area contributed by atoms with Crippen LogP contribution in [0.25, 0.3) is 0 Å². The second-order valence-electron chi connectivity index (χ2n) is 3.96. The molecule has 0 saturated heterocycles. The van der Waals surface area contributed by atoms with Gasteiger partial charge in [0.1, 0.15) is 0 Å². The van der Waals surface area contributed by atoms with Crippen molar-refractivity contribution < 1.29 is 22.7 Å². The zero-order chi connectivity index (χ0) is 14.5. The molecule has 19 heavy (non-hydrogen) atoms. The van der Waals surface area contributed by atoms with E-state index in [1.54, 1.807) is 0 Å². The van der Waals surface area contributed by atoms with Crippen molar-refractivity contribution in [1.82, 2.24) is 0 Å². The van der Waals surface area contributed by atoms with Gasteiger partial charge in [0, 0.05) is 19.4 Å². The fraction of sp³-hybridized carbons (Fsp3) is 0.417. The number of ether oxygens (including phenoxy) is 1. The highest BCUT2D eigenvalue weighted by molar-refractivity contribution is 5.94. The molecule has 1 unspecified atom stereocenters. The molecule has 0 bridgehead atoms. The Hall–Kier alpha value is -1.60. The molecule has 1 rings (SSSR count). The van der Waals surface area contributed by atoms with Crippen LogP contribution < -0.4 is 11.1 Å². The number of hydrogen-bond acceptors (Lipinski definition) is 3. The molecule has 4 nitrogen and oxygen atoms in total. The molecule has 7 heteroatoms. The third-order valence-corrected chi connectivity index (χ3v) is 2.43. The van der Waals surface area contributed by atoms with Gasteiger partial charge in [0.15, 0.2) is 0 Å². The van der Waals surface area contributed by atoms with Gasteiger partial charge < -0.3 is 15.8 Å². The summed E-state index contributed by atoms with van der Waals surface area (Å²) in [5.74, 6) is -0.545. The average molecular weight is 276 g/mol. The fourth-order valence-electron chi connectivity index (χ4n) is 1.38. The van der Waals surface area contributed by atoms with Crippen LogP contribution in [-0.4, -0.2) is 25.7 Å². The summed E-state index contributed by atoms with van der Waals surface area (Å²) >= 11 is 0. The first kappa shape index (κ1) is 15.5. The standard InChI is InChI=1S/C12H15F3N2O2/c1-19-6-5-10(16)11(18)17-9-4-2-3-8(7-9)12(13,14)15/h2-4,7,10H,5-6,16H2,1H3,(H,17,18). The number of methoxy groups -OCH3 is 1. The summed E-state index contributed by atoms with van der Waals surface area (Å²) in [5, 5.41) is 2.34. The second kappa shape index (κ2) is 6.53. The van der Waals surface area contributed by atoms with Gasteiger partial charge >= 0.3 is 6.18 Å². The van der Waals surface area contributed by atoms with Gasteiger partial charge in [-0.15, -0.1) is 0 Å². The normalized spacial score (nSPS) is 13.1. The van der Waals surface area contributed by atoms with Gasteiger partial charge in [-0.2, -0.15) is 13.2 Å². The molecule has 0 aliphatic carbocycles. The van der Waals surface area contributed by atoms with Crippen molar-refractivity contribution in [2.75, 3.05) is 19.0 Å². The highest BCUT2D eigenvalue weighted by Gasteiger charge is 2.30. The molecule has 1 aromatic rings. The van der Waals surface area contributed by atoms with Crippen LogP contribution in [-0.2, 0) is 15.7 Å². The lowest BCUT2D eigenvalue weighted by atomic mass is 10.1. The number of hydrogen-bond donors (Lipinski definition) is 2. The number of carbonyl (C=O) groups excluding carboxylic acids is 1. The lowest BCUT2D eigenvalue weighted by molar-refractivity contribution is -0.137. The maximum absolute atomic E-state index is 12.5. The van der Waals surface area contributed by atoms with Gasteiger partial charge in [-0.25, -0.2) is 0 Å². The molecule has 0 aliphatic heterocycles. The molecule has 0 saturated carbocycles. The first-order chi connectivity index (χ1) is 8.84. The van der Waals surface area contributed by atoms with E-state index in [-0.39, 0.29) is 5.69 Å². The average Bonchev–Trinajstić information content (AvgIpc) is 2.35. The minimum atomic E-state index is -4.45. The highest BCUT2D eigenvalue weighted by atomic mass is 19.4. The van der Waals surface area contributed by atoms with Crippen LogP contribution in [0.4, 0.5) is 18.9 Å². The van der Waals surface area contributed by atoms with E-state index in [0.29, 0.717) is 13.0 Å². The van der Waals surface area contributed by atoms with Crippen LogP contribution in [0.2, 0.25) is 0 Å². The first-order valence-corrected chi connectivity index (χ1v) is 5.57. The number of benzene rings is 1. The number of rotatable bonds is 5. The van der Waals surface area contributed by atoms with E-state index >= 15 is 0 Å². The maximum Gasteiger partial charge on any atom is 0.416 e. The van der Waals surface area contributed by atoms with Gasteiger partial charge in [0.05, 0.1) is 11.6 Å². The highest BCUT2D eigenvalue weighted by Crippen LogP contribution is 2.30. The quantitative estimate of drug-likeness (QED) is 0.864. The van der Waals surface area contributed by atoms with Crippen molar-refractivity contribution in [2.45, 2.75) is 18.6 Å². The Kier molecular flexibility index (Phi) is 5.31. The molecule has 1 atom stereocenters. The molecule has 3 N–H and O–H groups in total. The van der Waals surface area contributed by atoms with Gasteiger partial charge in [-0.3, -0.25) is 4.79 Å². The van der Waals surface area contributed by atoms with Crippen molar-refractivity contribution in [1.29, 1.82) is 0 Å². The molecule has 0 aromatic heterocycles. The van der Waals surface area contributed by atoms with Gasteiger partial charge in [0.25, 0.3) is 0 Å². The summed E-state index contributed by atoms with van der Waals surface area (Å²) in [6.07, 6.45) is -4.15. The summed E-state index contributed by atoms with van der Waals surface area (Å²) in [5.41, 5.74) is 4.80. The Labute approximate surface area is 108 Å². The van der Waals surface area contributed by atoms with Crippen LogP contribution in [0.1, 0.15) is 12.0 Å². The van der Waals surface area contributed by atoms with Crippen LogP contribution >= 0.6 is 0 Å². The molecule has 0 radical (unpaired) electrons. The molecule has 1 amide bonds. The van der Waals surface area contributed by atoms with E-state index in [9.17, 15) is 18.0 Å². The van der Waals surface area contributed by atoms with Crippen LogP contribution in [0.3, 0.4) is 0 Å². The number of nitrogens with two attached hydrogens (primary N) is 1. The number of anilines is 1. The predicted molar refractivity (Wildman–Crippen MR) is 64.5 cm³/mol. The summed E-state index contributed by atoms with van der Waals surface area (Å²) in [4.78, 5) is 11.6. The van der Waals surface area contributed by atoms with Crippen LogP contribution in [0.5, 0.6) is 0 Å². The van der Waals surface area contributed by atoms with Crippen molar-refractivity contribution >= 4 is 11.6 Å². The fourth-order valence-corrected chi connectivity index (χ4v) is 1.38. The molecule has 0 spiro atoms. The van der Waals surface area contributed by atoms with Gasteiger partial charge in [0.2, 0.25) is 5.91 Å². The third-order valence-electron chi connectivity index (χ3n) is 2.43. The maximum atomic E-state index is 12.5. The largest absolute Gasteiger partial charge is 0.416 e. The topological polar surface area (TPSA) is 64.3 Å². The molecule has 0 aliphatic rings. The number of halogens is 3. The van der Waals surface area contributed by atoms with Crippen molar-refractivity contribution in [2.24, 2.45) is 5.73 Å². The summed E-state index contributed by atoms with van der Waals surface area (Å²) in [6.45, 7) is 0.303. The Morgan fingerprint density at radius 3 is 2.74 bits per heavy atom. The monoisotopic (exact) mass is 276 g/mol. The van der Waals surface area contributed by atoms with Crippen LogP contribution in [0, 0.1) is 0 Å². The molecule has 0 heterocycles. The second-order valence-corrected chi connectivity index (χ2v) is 3.96. The third kappa shape index (κ3) is 4.88. The van der Waals surface area contributed by atoms with Crippen molar-refractivity contribution in [3.8, 4) is 0 Å². The molecule has 0 fully saturated rings. The minimum absolute atomic E-state index is 0.0627. The summed E-state index contributed by atoms with van der Waals surface area (Å²) < 4.78 is 42.2. The van der Waals surface area contributed by atoms with Crippen LogP contribution in [0.15, 0.2) is 24.3 Å². The molecular formula is C12H15F3N2O2. The Bertz CT molecular complexity index is 435. The molecular weight excluding hydrogens is 261 g/mol. The van der Waals surface area contributed by atoms with E-state index in [0.717, 1.165) is 12.1 Å².